The number of nitrogens with zero attached hydrogens (tertiary/aromatic N) is 2. The van der Waals surface area contributed by atoms with Gasteiger partial charge in [0.1, 0.15) is 0 Å². The van der Waals surface area contributed by atoms with Gasteiger partial charge in [0.15, 0.2) is 0 Å². The Bertz CT molecular complexity index is 355. The van der Waals surface area contributed by atoms with E-state index in [0.717, 1.165) is 0 Å². The molecule has 19 heavy (non-hydrogen) atoms. The van der Waals surface area contributed by atoms with Gasteiger partial charge in [-0.2, -0.15) is 0 Å². The predicted octanol–water partition coefficient (Wildman–Crippen LogP) is -0.0291. The first-order chi connectivity index (χ1) is 8.99. The molecule has 0 radical (unpaired) electrons. The van der Waals surface area contributed by atoms with Crippen molar-refractivity contribution >= 4 is 17.9 Å². The lowest BCUT2D eigenvalue weighted by atomic mass is 10.1. The summed E-state index contributed by atoms with van der Waals surface area (Å²) in [5.41, 5.74) is 0. The van der Waals surface area contributed by atoms with Crippen LogP contribution in [0.4, 0.5) is 4.79 Å². The summed E-state index contributed by atoms with van der Waals surface area (Å²) in [6, 6.07) is -0.161. The van der Waals surface area contributed by atoms with E-state index in [0.29, 0.717) is 26.2 Å². The second-order valence-electron chi connectivity index (χ2n) is 4.48. The zero-order valence-electron chi connectivity index (χ0n) is 11.4. The molecule has 0 aromatic carbocycles. The summed E-state index contributed by atoms with van der Waals surface area (Å²) in [5, 5.41) is 11.6. The molecule has 0 aromatic rings. The van der Waals surface area contributed by atoms with Crippen LogP contribution < -0.4 is 5.32 Å². The van der Waals surface area contributed by atoms with Crippen LogP contribution in [0.3, 0.4) is 0 Å². The van der Waals surface area contributed by atoms with Gasteiger partial charge in [-0.1, -0.05) is 0 Å². The number of aliphatic carboxylic acids is 1. The van der Waals surface area contributed by atoms with Gasteiger partial charge < -0.3 is 20.2 Å². The minimum Gasteiger partial charge on any atom is -0.481 e. The van der Waals surface area contributed by atoms with Crippen molar-refractivity contribution in [3.8, 4) is 0 Å². The number of carbonyl (C=O) groups is 3. The van der Waals surface area contributed by atoms with Gasteiger partial charge in [0.05, 0.1) is 5.92 Å². The molecule has 0 aromatic heterocycles. The van der Waals surface area contributed by atoms with Crippen LogP contribution in [-0.2, 0) is 9.59 Å². The maximum atomic E-state index is 11.7. The SMILES string of the molecule is CCN(CC)C(=O)NCCN1CC(C(=O)O)CC1=O. The Morgan fingerprint density at radius 1 is 1.42 bits per heavy atom. The molecule has 2 N–H and O–H groups in total. The Hall–Kier alpha value is -1.79. The molecule has 0 aliphatic carbocycles. The summed E-state index contributed by atoms with van der Waals surface area (Å²) in [7, 11) is 0. The fourth-order valence-corrected chi connectivity index (χ4v) is 2.07. The van der Waals surface area contributed by atoms with Crippen LogP contribution in [0.5, 0.6) is 0 Å². The molecule has 1 aliphatic rings. The Morgan fingerprint density at radius 3 is 2.53 bits per heavy atom. The number of nitrogens with one attached hydrogen (secondary N) is 1. The highest BCUT2D eigenvalue weighted by Crippen LogP contribution is 2.17. The fraction of sp³-hybridized carbons (Fsp3) is 0.750. The van der Waals surface area contributed by atoms with Crippen LogP contribution >= 0.6 is 0 Å². The van der Waals surface area contributed by atoms with E-state index in [4.69, 9.17) is 5.11 Å². The maximum Gasteiger partial charge on any atom is 0.317 e. The van der Waals surface area contributed by atoms with Gasteiger partial charge in [0.2, 0.25) is 5.91 Å². The summed E-state index contributed by atoms with van der Waals surface area (Å²) in [4.78, 5) is 37.1. The van der Waals surface area contributed by atoms with E-state index in [1.165, 1.54) is 4.90 Å². The van der Waals surface area contributed by atoms with Gasteiger partial charge in [-0.15, -0.1) is 0 Å². The van der Waals surface area contributed by atoms with Crippen molar-refractivity contribution in [1.29, 1.82) is 0 Å². The second kappa shape index (κ2) is 6.96. The maximum absolute atomic E-state index is 11.7. The van der Waals surface area contributed by atoms with E-state index < -0.39 is 11.9 Å². The lowest BCUT2D eigenvalue weighted by molar-refractivity contribution is -0.141. The summed E-state index contributed by atoms with van der Waals surface area (Å²) >= 11 is 0. The molecule has 1 rings (SSSR count). The monoisotopic (exact) mass is 271 g/mol. The molecule has 0 saturated carbocycles. The first-order valence-electron chi connectivity index (χ1n) is 6.52. The molecule has 1 aliphatic heterocycles. The van der Waals surface area contributed by atoms with E-state index in [9.17, 15) is 14.4 Å². The number of likely N-dealkylation sites (tertiary alicyclic amines) is 1. The highest BCUT2D eigenvalue weighted by Gasteiger charge is 2.33. The third-order valence-electron chi connectivity index (χ3n) is 3.27. The second-order valence-corrected chi connectivity index (χ2v) is 4.48. The predicted molar refractivity (Wildman–Crippen MR) is 68.6 cm³/mol. The zero-order valence-corrected chi connectivity index (χ0v) is 11.4. The average molecular weight is 271 g/mol. The van der Waals surface area contributed by atoms with Crippen LogP contribution in [0.15, 0.2) is 0 Å². The van der Waals surface area contributed by atoms with E-state index in [-0.39, 0.29) is 24.9 Å². The average Bonchev–Trinajstić information content (AvgIpc) is 2.73. The van der Waals surface area contributed by atoms with Gasteiger partial charge in [-0.3, -0.25) is 9.59 Å². The van der Waals surface area contributed by atoms with Crippen molar-refractivity contribution in [3.63, 3.8) is 0 Å². The molecule has 1 saturated heterocycles. The van der Waals surface area contributed by atoms with Crippen molar-refractivity contribution in [2.24, 2.45) is 5.92 Å². The van der Waals surface area contributed by atoms with Gasteiger partial charge in [0, 0.05) is 39.1 Å². The summed E-state index contributed by atoms with van der Waals surface area (Å²) in [5.74, 6) is -1.72. The summed E-state index contributed by atoms with van der Waals surface area (Å²) in [6.07, 6.45) is 0.0549. The Balaban J connectivity index is 2.32. The number of hydrogen-bond acceptors (Lipinski definition) is 3. The molecular weight excluding hydrogens is 250 g/mol. The Labute approximate surface area is 112 Å². The van der Waals surface area contributed by atoms with Crippen molar-refractivity contribution in [2.45, 2.75) is 20.3 Å². The smallest absolute Gasteiger partial charge is 0.317 e. The van der Waals surface area contributed by atoms with Gasteiger partial charge in [0.25, 0.3) is 0 Å². The first-order valence-corrected chi connectivity index (χ1v) is 6.52. The van der Waals surface area contributed by atoms with Crippen molar-refractivity contribution in [1.82, 2.24) is 15.1 Å². The molecule has 1 fully saturated rings. The minimum absolute atomic E-state index is 0.0549. The highest BCUT2D eigenvalue weighted by atomic mass is 16.4. The first kappa shape index (κ1) is 15.3. The largest absolute Gasteiger partial charge is 0.481 e. The molecule has 0 spiro atoms. The number of urea groups is 1. The summed E-state index contributed by atoms with van der Waals surface area (Å²) < 4.78 is 0. The Kier molecular flexibility index (Phi) is 5.59. The van der Waals surface area contributed by atoms with Crippen LogP contribution in [-0.4, -0.2) is 65.5 Å². The molecule has 0 bridgehead atoms. The van der Waals surface area contributed by atoms with Crippen LogP contribution in [0, 0.1) is 5.92 Å². The Morgan fingerprint density at radius 2 is 2.05 bits per heavy atom. The number of carbonyl (C=O) groups excluding carboxylic acids is 2. The van der Waals surface area contributed by atoms with E-state index in [1.807, 2.05) is 13.8 Å². The minimum atomic E-state index is -0.942. The number of amides is 3. The molecule has 1 unspecified atom stereocenters. The van der Waals surface area contributed by atoms with Gasteiger partial charge in [-0.05, 0) is 13.8 Å². The van der Waals surface area contributed by atoms with Crippen LogP contribution in [0.1, 0.15) is 20.3 Å². The molecule has 108 valence electrons. The lowest BCUT2D eigenvalue weighted by Gasteiger charge is -2.21. The van der Waals surface area contributed by atoms with E-state index in [2.05, 4.69) is 5.32 Å². The number of carboxylic acid groups (broad SMARTS) is 1. The molecule has 1 heterocycles. The van der Waals surface area contributed by atoms with Crippen molar-refractivity contribution in [3.05, 3.63) is 0 Å². The van der Waals surface area contributed by atoms with Gasteiger partial charge in [-0.25, -0.2) is 4.79 Å². The lowest BCUT2D eigenvalue weighted by Crippen LogP contribution is -2.43. The zero-order chi connectivity index (χ0) is 14.4. The number of carboxylic acids is 1. The third-order valence-corrected chi connectivity index (χ3v) is 3.27. The van der Waals surface area contributed by atoms with Crippen LogP contribution in [0.25, 0.3) is 0 Å². The number of hydrogen-bond donors (Lipinski definition) is 2. The van der Waals surface area contributed by atoms with Gasteiger partial charge >= 0.3 is 12.0 Å². The molecule has 3 amide bonds. The van der Waals surface area contributed by atoms with Crippen LogP contribution in [0.2, 0.25) is 0 Å². The third kappa shape index (κ3) is 4.11. The van der Waals surface area contributed by atoms with E-state index in [1.54, 1.807) is 4.90 Å². The van der Waals surface area contributed by atoms with E-state index >= 15 is 0 Å². The molecular formula is C12H21N3O4. The fourth-order valence-electron chi connectivity index (χ4n) is 2.07. The molecule has 7 nitrogen and oxygen atoms in total. The topological polar surface area (TPSA) is 90.0 Å². The molecule has 1 atom stereocenters. The standard InChI is InChI=1S/C12H21N3O4/c1-3-14(4-2)12(19)13-5-6-15-8-9(11(17)18)7-10(15)16/h9H,3-8H2,1-2H3,(H,13,19)(H,17,18). The molecule has 7 heteroatoms. The summed E-state index contributed by atoms with van der Waals surface area (Å²) in [6.45, 7) is 5.98. The van der Waals surface area contributed by atoms with Crippen molar-refractivity contribution in [2.75, 3.05) is 32.7 Å². The number of rotatable bonds is 6. The van der Waals surface area contributed by atoms with Crippen molar-refractivity contribution < 1.29 is 19.5 Å². The highest BCUT2D eigenvalue weighted by molar-refractivity contribution is 5.86. The quantitative estimate of drug-likeness (QED) is 0.710. The normalized spacial score (nSPS) is 18.5.